The van der Waals surface area contributed by atoms with Gasteiger partial charge in [-0.2, -0.15) is 0 Å². The molecule has 0 bridgehead atoms. The number of hydrogen-bond acceptors (Lipinski definition) is 3. The second-order valence-electron chi connectivity index (χ2n) is 6.20. The summed E-state index contributed by atoms with van der Waals surface area (Å²) < 4.78 is 2.03. The SMILES string of the molecule is Cc1cccc(-n2cnc3cc(C(=O)NCc4cccnc4)ccc32)c1. The molecule has 0 aliphatic rings. The number of fused-ring (bicyclic) bond motifs is 1. The molecule has 2 heterocycles. The van der Waals surface area contributed by atoms with Crippen LogP contribution in [0.3, 0.4) is 0 Å². The van der Waals surface area contributed by atoms with Gasteiger partial charge in [-0.05, 0) is 54.4 Å². The van der Waals surface area contributed by atoms with Crippen molar-refractivity contribution in [1.82, 2.24) is 19.9 Å². The van der Waals surface area contributed by atoms with Crippen LogP contribution in [-0.4, -0.2) is 20.4 Å². The van der Waals surface area contributed by atoms with E-state index in [4.69, 9.17) is 0 Å². The van der Waals surface area contributed by atoms with Crippen molar-refractivity contribution < 1.29 is 4.79 Å². The van der Waals surface area contributed by atoms with Crippen LogP contribution in [0.25, 0.3) is 16.7 Å². The molecular weight excluding hydrogens is 324 g/mol. The van der Waals surface area contributed by atoms with E-state index in [9.17, 15) is 4.79 Å². The van der Waals surface area contributed by atoms with Crippen LogP contribution in [0.2, 0.25) is 0 Å². The second-order valence-corrected chi connectivity index (χ2v) is 6.20. The molecule has 0 radical (unpaired) electrons. The number of aryl methyl sites for hydroxylation is 1. The van der Waals surface area contributed by atoms with Crippen molar-refractivity contribution in [2.45, 2.75) is 13.5 Å². The number of carbonyl (C=O) groups is 1. The molecule has 0 unspecified atom stereocenters. The molecule has 0 saturated heterocycles. The molecule has 0 fully saturated rings. The van der Waals surface area contributed by atoms with E-state index in [-0.39, 0.29) is 5.91 Å². The maximum atomic E-state index is 12.4. The van der Waals surface area contributed by atoms with Gasteiger partial charge in [0.15, 0.2) is 0 Å². The highest BCUT2D eigenvalue weighted by Crippen LogP contribution is 2.20. The third-order valence-electron chi connectivity index (χ3n) is 4.27. The van der Waals surface area contributed by atoms with E-state index >= 15 is 0 Å². The molecule has 5 nitrogen and oxygen atoms in total. The number of rotatable bonds is 4. The summed E-state index contributed by atoms with van der Waals surface area (Å²) in [5.41, 5.74) is 5.57. The van der Waals surface area contributed by atoms with Gasteiger partial charge in [0.1, 0.15) is 6.33 Å². The largest absolute Gasteiger partial charge is 0.348 e. The van der Waals surface area contributed by atoms with Crippen LogP contribution in [0.15, 0.2) is 73.3 Å². The molecule has 5 heteroatoms. The number of benzene rings is 2. The monoisotopic (exact) mass is 342 g/mol. The van der Waals surface area contributed by atoms with E-state index in [0.717, 1.165) is 22.3 Å². The summed E-state index contributed by atoms with van der Waals surface area (Å²) in [5.74, 6) is -0.124. The Morgan fingerprint density at radius 2 is 2.04 bits per heavy atom. The summed E-state index contributed by atoms with van der Waals surface area (Å²) in [5, 5.41) is 2.91. The number of nitrogens with one attached hydrogen (secondary N) is 1. The van der Waals surface area contributed by atoms with Crippen LogP contribution >= 0.6 is 0 Å². The first kappa shape index (κ1) is 16.0. The van der Waals surface area contributed by atoms with Crippen LogP contribution < -0.4 is 5.32 Å². The highest BCUT2D eigenvalue weighted by molar-refractivity contribution is 5.97. The molecule has 1 N–H and O–H groups in total. The topological polar surface area (TPSA) is 59.8 Å². The quantitative estimate of drug-likeness (QED) is 0.616. The van der Waals surface area contributed by atoms with Gasteiger partial charge in [0, 0.05) is 30.2 Å². The fourth-order valence-corrected chi connectivity index (χ4v) is 2.92. The number of carbonyl (C=O) groups excluding carboxylic acids is 1. The molecule has 0 atom stereocenters. The third-order valence-corrected chi connectivity index (χ3v) is 4.27. The van der Waals surface area contributed by atoms with Gasteiger partial charge in [-0.1, -0.05) is 18.2 Å². The van der Waals surface area contributed by atoms with Crippen molar-refractivity contribution in [2.75, 3.05) is 0 Å². The lowest BCUT2D eigenvalue weighted by molar-refractivity contribution is 0.0951. The van der Waals surface area contributed by atoms with Crippen molar-refractivity contribution in [3.63, 3.8) is 0 Å². The van der Waals surface area contributed by atoms with Crippen molar-refractivity contribution in [1.29, 1.82) is 0 Å². The lowest BCUT2D eigenvalue weighted by atomic mass is 10.1. The molecule has 0 saturated carbocycles. The molecule has 26 heavy (non-hydrogen) atoms. The summed E-state index contributed by atoms with van der Waals surface area (Å²) >= 11 is 0. The zero-order chi connectivity index (χ0) is 17.9. The molecule has 2 aromatic heterocycles. The Bertz CT molecular complexity index is 1070. The zero-order valence-electron chi connectivity index (χ0n) is 14.4. The number of aromatic nitrogens is 3. The van der Waals surface area contributed by atoms with Crippen molar-refractivity contribution in [2.24, 2.45) is 0 Å². The number of amides is 1. The average molecular weight is 342 g/mol. The lowest BCUT2D eigenvalue weighted by Crippen LogP contribution is -2.22. The van der Waals surface area contributed by atoms with Crippen LogP contribution in [0.1, 0.15) is 21.5 Å². The van der Waals surface area contributed by atoms with Gasteiger partial charge in [-0.25, -0.2) is 4.98 Å². The van der Waals surface area contributed by atoms with E-state index in [1.54, 1.807) is 18.7 Å². The van der Waals surface area contributed by atoms with Crippen LogP contribution in [0.5, 0.6) is 0 Å². The smallest absolute Gasteiger partial charge is 0.251 e. The van der Waals surface area contributed by atoms with E-state index in [0.29, 0.717) is 12.1 Å². The molecule has 4 rings (SSSR count). The maximum absolute atomic E-state index is 12.4. The van der Waals surface area contributed by atoms with Crippen molar-refractivity contribution in [3.05, 3.63) is 90.0 Å². The van der Waals surface area contributed by atoms with Crippen LogP contribution in [-0.2, 0) is 6.54 Å². The number of imidazole rings is 1. The first-order chi connectivity index (χ1) is 12.7. The van der Waals surface area contributed by atoms with Crippen molar-refractivity contribution in [3.8, 4) is 5.69 Å². The Balaban J connectivity index is 1.57. The Labute approximate surface area is 151 Å². The van der Waals surface area contributed by atoms with Crippen LogP contribution in [0, 0.1) is 6.92 Å². The first-order valence-corrected chi connectivity index (χ1v) is 8.42. The molecule has 0 aliphatic heterocycles. The third kappa shape index (κ3) is 3.19. The highest BCUT2D eigenvalue weighted by Gasteiger charge is 2.10. The van der Waals surface area contributed by atoms with Gasteiger partial charge in [0.25, 0.3) is 5.91 Å². The Morgan fingerprint density at radius 3 is 2.85 bits per heavy atom. The molecule has 128 valence electrons. The zero-order valence-corrected chi connectivity index (χ0v) is 14.4. The number of nitrogens with zero attached hydrogens (tertiary/aromatic N) is 3. The number of hydrogen-bond donors (Lipinski definition) is 1. The lowest BCUT2D eigenvalue weighted by Gasteiger charge is -2.07. The standard InChI is InChI=1S/C21H18N4O/c1-15-4-2-6-18(10-15)25-14-24-19-11-17(7-8-20(19)25)21(26)23-13-16-5-3-9-22-12-16/h2-12,14H,13H2,1H3,(H,23,26). The van der Waals surface area contributed by atoms with E-state index in [1.165, 1.54) is 5.56 Å². The summed E-state index contributed by atoms with van der Waals surface area (Å²) in [7, 11) is 0. The maximum Gasteiger partial charge on any atom is 0.251 e. The molecule has 1 amide bonds. The minimum absolute atomic E-state index is 0.124. The van der Waals surface area contributed by atoms with Gasteiger partial charge in [0.05, 0.1) is 11.0 Å². The first-order valence-electron chi connectivity index (χ1n) is 8.42. The minimum atomic E-state index is -0.124. The van der Waals surface area contributed by atoms with Gasteiger partial charge < -0.3 is 5.32 Å². The van der Waals surface area contributed by atoms with Gasteiger partial charge in [-0.3, -0.25) is 14.3 Å². The molecule has 2 aromatic carbocycles. The Kier molecular flexibility index (Phi) is 4.19. The predicted octanol–water partition coefficient (Wildman–Crippen LogP) is 3.66. The van der Waals surface area contributed by atoms with E-state index < -0.39 is 0 Å². The van der Waals surface area contributed by atoms with Gasteiger partial charge >= 0.3 is 0 Å². The Morgan fingerprint density at radius 1 is 1.12 bits per heavy atom. The molecule has 4 aromatic rings. The van der Waals surface area contributed by atoms with Gasteiger partial charge in [-0.15, -0.1) is 0 Å². The molecule has 0 spiro atoms. The second kappa shape index (κ2) is 6.80. The summed E-state index contributed by atoms with van der Waals surface area (Å²) in [6.07, 6.45) is 5.24. The fourth-order valence-electron chi connectivity index (χ4n) is 2.92. The summed E-state index contributed by atoms with van der Waals surface area (Å²) in [6, 6.07) is 17.6. The molecule has 0 aliphatic carbocycles. The van der Waals surface area contributed by atoms with Crippen LogP contribution in [0.4, 0.5) is 0 Å². The number of pyridine rings is 1. The Hall–Kier alpha value is -3.47. The van der Waals surface area contributed by atoms with Crippen molar-refractivity contribution >= 4 is 16.9 Å². The predicted molar refractivity (Wildman–Crippen MR) is 101 cm³/mol. The summed E-state index contributed by atoms with van der Waals surface area (Å²) in [4.78, 5) is 20.9. The van der Waals surface area contributed by atoms with E-state index in [1.807, 2.05) is 47.0 Å². The fraction of sp³-hybridized carbons (Fsp3) is 0.0952. The summed E-state index contributed by atoms with van der Waals surface area (Å²) in [6.45, 7) is 2.51. The highest BCUT2D eigenvalue weighted by atomic mass is 16.1. The minimum Gasteiger partial charge on any atom is -0.348 e. The van der Waals surface area contributed by atoms with Gasteiger partial charge in [0.2, 0.25) is 0 Å². The van der Waals surface area contributed by atoms with E-state index in [2.05, 4.69) is 34.3 Å². The average Bonchev–Trinajstić information content (AvgIpc) is 3.10. The molecular formula is C21H18N4O. The normalized spacial score (nSPS) is 10.8.